The highest BCUT2D eigenvalue weighted by Gasteiger charge is 2.09. The minimum atomic E-state index is -0.872. The molecule has 0 amide bonds. The predicted octanol–water partition coefficient (Wildman–Crippen LogP) is 4.68. The van der Waals surface area contributed by atoms with Crippen molar-refractivity contribution in [3.05, 3.63) is 77.9 Å². The van der Waals surface area contributed by atoms with Crippen molar-refractivity contribution in [2.24, 2.45) is 5.16 Å². The Labute approximate surface area is 164 Å². The summed E-state index contributed by atoms with van der Waals surface area (Å²) in [4.78, 5) is 16.3. The molecule has 0 aliphatic carbocycles. The molecule has 0 heterocycles. The number of fused-ring (bicyclic) bond motifs is 1. The van der Waals surface area contributed by atoms with Crippen LogP contribution >= 0.6 is 0 Å². The van der Waals surface area contributed by atoms with Gasteiger partial charge in [0.05, 0.1) is 6.42 Å². The molecule has 3 aromatic rings. The minimum Gasteiger partial charge on any atom is -0.487 e. The van der Waals surface area contributed by atoms with E-state index in [1.165, 1.54) is 0 Å². The molecular formula is C23H23NO4. The Morgan fingerprint density at radius 2 is 1.82 bits per heavy atom. The van der Waals surface area contributed by atoms with Gasteiger partial charge in [-0.05, 0) is 41.0 Å². The zero-order chi connectivity index (χ0) is 19.8. The lowest BCUT2D eigenvalue weighted by atomic mass is 10.0. The van der Waals surface area contributed by atoms with Crippen LogP contribution in [0.25, 0.3) is 10.8 Å². The summed E-state index contributed by atoms with van der Waals surface area (Å²) in [6.45, 7) is 2.78. The molecule has 5 nitrogen and oxygen atoms in total. The van der Waals surface area contributed by atoms with Crippen LogP contribution in [0.5, 0.6) is 5.75 Å². The Kier molecular flexibility index (Phi) is 6.63. The normalized spacial score (nSPS) is 11.4. The van der Waals surface area contributed by atoms with Crippen LogP contribution in [0.1, 0.15) is 24.5 Å². The Morgan fingerprint density at radius 3 is 2.61 bits per heavy atom. The fourth-order valence-corrected chi connectivity index (χ4v) is 2.82. The van der Waals surface area contributed by atoms with Gasteiger partial charge in [0, 0.05) is 5.56 Å². The first-order valence-electron chi connectivity index (χ1n) is 9.27. The molecule has 0 spiro atoms. The molecule has 0 atom stereocenters. The van der Waals surface area contributed by atoms with Crippen LogP contribution in [0.15, 0.2) is 71.9 Å². The molecule has 3 rings (SSSR count). The van der Waals surface area contributed by atoms with Gasteiger partial charge < -0.3 is 14.7 Å². The van der Waals surface area contributed by atoms with Gasteiger partial charge in [0.1, 0.15) is 24.7 Å². The first-order chi connectivity index (χ1) is 13.7. The number of ether oxygens (including phenoxy) is 1. The molecule has 0 bridgehead atoms. The van der Waals surface area contributed by atoms with Gasteiger partial charge in [-0.1, -0.05) is 60.6 Å². The van der Waals surface area contributed by atoms with Crippen LogP contribution in [0.3, 0.4) is 0 Å². The lowest BCUT2D eigenvalue weighted by Gasteiger charge is -2.11. The molecule has 0 aliphatic rings. The molecule has 0 radical (unpaired) electrons. The van der Waals surface area contributed by atoms with E-state index in [0.717, 1.165) is 22.8 Å². The standard InChI is InChI=1S/C23H23NO4/c1-2-12-28-24-22(20-11-10-18-7-3-4-8-19(18)15-20)16-27-21-9-5-6-17(13-21)14-23(25)26/h3-11,13,15H,2,12,14,16H2,1H3,(H,25,26). The zero-order valence-corrected chi connectivity index (χ0v) is 15.8. The van der Waals surface area contributed by atoms with Gasteiger partial charge >= 0.3 is 5.97 Å². The van der Waals surface area contributed by atoms with E-state index in [2.05, 4.69) is 23.4 Å². The third-order valence-electron chi connectivity index (χ3n) is 4.18. The molecule has 0 fully saturated rings. The molecule has 5 heteroatoms. The molecule has 0 saturated carbocycles. The number of carbonyl (C=O) groups is 1. The SMILES string of the molecule is CCCON=C(COc1cccc(CC(=O)O)c1)c1ccc2ccccc2c1. The number of aliphatic carboxylic acids is 1. The highest BCUT2D eigenvalue weighted by atomic mass is 16.6. The van der Waals surface area contributed by atoms with E-state index in [-0.39, 0.29) is 13.0 Å². The van der Waals surface area contributed by atoms with E-state index in [1.54, 1.807) is 24.3 Å². The molecule has 3 aromatic carbocycles. The Bertz CT molecular complexity index is 981. The average Bonchev–Trinajstić information content (AvgIpc) is 2.70. The number of hydrogen-bond donors (Lipinski definition) is 1. The summed E-state index contributed by atoms with van der Waals surface area (Å²) in [5.74, 6) is -0.272. The summed E-state index contributed by atoms with van der Waals surface area (Å²) in [6, 6.07) is 21.3. The summed E-state index contributed by atoms with van der Waals surface area (Å²) in [7, 11) is 0. The van der Waals surface area contributed by atoms with Crippen LogP contribution in [0.4, 0.5) is 0 Å². The lowest BCUT2D eigenvalue weighted by Crippen LogP contribution is -2.14. The fraction of sp³-hybridized carbons (Fsp3) is 0.217. The first-order valence-corrected chi connectivity index (χ1v) is 9.27. The lowest BCUT2D eigenvalue weighted by molar-refractivity contribution is -0.136. The molecule has 0 aromatic heterocycles. The molecule has 144 valence electrons. The van der Waals surface area contributed by atoms with Crippen molar-refractivity contribution >= 4 is 22.5 Å². The second kappa shape index (κ2) is 9.55. The van der Waals surface area contributed by atoms with Crippen LogP contribution < -0.4 is 4.74 Å². The summed E-state index contributed by atoms with van der Waals surface area (Å²) >= 11 is 0. The number of nitrogens with zero attached hydrogens (tertiary/aromatic N) is 1. The number of oxime groups is 1. The van der Waals surface area contributed by atoms with Gasteiger partial charge in [0.25, 0.3) is 0 Å². The number of hydrogen-bond acceptors (Lipinski definition) is 4. The van der Waals surface area contributed by atoms with Crippen molar-refractivity contribution in [3.63, 3.8) is 0 Å². The number of carboxylic acid groups (broad SMARTS) is 1. The maximum atomic E-state index is 10.9. The zero-order valence-electron chi connectivity index (χ0n) is 15.8. The van der Waals surface area contributed by atoms with E-state index in [9.17, 15) is 4.79 Å². The van der Waals surface area contributed by atoms with E-state index in [0.29, 0.717) is 23.6 Å². The van der Waals surface area contributed by atoms with Crippen molar-refractivity contribution in [1.29, 1.82) is 0 Å². The number of benzene rings is 3. The van der Waals surface area contributed by atoms with Crippen molar-refractivity contribution in [2.45, 2.75) is 19.8 Å². The predicted molar refractivity (Wildman–Crippen MR) is 110 cm³/mol. The monoisotopic (exact) mass is 377 g/mol. The van der Waals surface area contributed by atoms with E-state index < -0.39 is 5.97 Å². The fourth-order valence-electron chi connectivity index (χ4n) is 2.82. The van der Waals surface area contributed by atoms with Gasteiger partial charge in [-0.3, -0.25) is 4.79 Å². The third kappa shape index (κ3) is 5.33. The van der Waals surface area contributed by atoms with Gasteiger partial charge in [0.2, 0.25) is 0 Å². The summed E-state index contributed by atoms with van der Waals surface area (Å²) in [5.41, 5.74) is 2.30. The summed E-state index contributed by atoms with van der Waals surface area (Å²) in [5, 5.41) is 15.5. The Hall–Kier alpha value is -3.34. The summed E-state index contributed by atoms with van der Waals surface area (Å²) < 4.78 is 5.88. The smallest absolute Gasteiger partial charge is 0.307 e. The van der Waals surface area contributed by atoms with Gasteiger partial charge in [-0.2, -0.15) is 0 Å². The van der Waals surface area contributed by atoms with Crippen molar-refractivity contribution in [1.82, 2.24) is 0 Å². The van der Waals surface area contributed by atoms with Gasteiger partial charge in [-0.25, -0.2) is 0 Å². The molecular weight excluding hydrogens is 354 g/mol. The second-order valence-corrected chi connectivity index (χ2v) is 6.44. The highest BCUT2D eigenvalue weighted by molar-refractivity contribution is 6.04. The quantitative estimate of drug-likeness (QED) is 0.334. The maximum Gasteiger partial charge on any atom is 0.307 e. The van der Waals surface area contributed by atoms with Crippen LogP contribution in [-0.4, -0.2) is 30.0 Å². The van der Waals surface area contributed by atoms with Gasteiger partial charge in [0.15, 0.2) is 0 Å². The minimum absolute atomic E-state index is 0.0393. The van der Waals surface area contributed by atoms with E-state index >= 15 is 0 Å². The van der Waals surface area contributed by atoms with Crippen molar-refractivity contribution in [3.8, 4) is 5.75 Å². The summed E-state index contributed by atoms with van der Waals surface area (Å²) in [6.07, 6.45) is 0.828. The topological polar surface area (TPSA) is 68.1 Å². The molecule has 1 N–H and O–H groups in total. The van der Waals surface area contributed by atoms with Crippen molar-refractivity contribution < 1.29 is 19.5 Å². The Morgan fingerprint density at radius 1 is 1.00 bits per heavy atom. The second-order valence-electron chi connectivity index (χ2n) is 6.44. The van der Waals surface area contributed by atoms with Crippen molar-refractivity contribution in [2.75, 3.05) is 13.2 Å². The maximum absolute atomic E-state index is 10.9. The number of rotatable bonds is 9. The molecule has 28 heavy (non-hydrogen) atoms. The van der Waals surface area contributed by atoms with Crippen LogP contribution in [-0.2, 0) is 16.1 Å². The van der Waals surface area contributed by atoms with E-state index in [1.807, 2.05) is 31.2 Å². The van der Waals surface area contributed by atoms with E-state index in [4.69, 9.17) is 14.7 Å². The molecule has 0 saturated heterocycles. The number of carboxylic acids is 1. The first kappa shape index (κ1) is 19.4. The Balaban J connectivity index is 1.80. The third-order valence-corrected chi connectivity index (χ3v) is 4.18. The van der Waals surface area contributed by atoms with Crippen LogP contribution in [0.2, 0.25) is 0 Å². The van der Waals surface area contributed by atoms with Crippen LogP contribution in [0, 0.1) is 0 Å². The largest absolute Gasteiger partial charge is 0.487 e. The molecule has 0 aliphatic heterocycles. The average molecular weight is 377 g/mol. The van der Waals surface area contributed by atoms with Gasteiger partial charge in [-0.15, -0.1) is 0 Å². The highest BCUT2D eigenvalue weighted by Crippen LogP contribution is 2.18. The molecule has 0 unspecified atom stereocenters.